The van der Waals surface area contributed by atoms with Crippen LogP contribution in [0.3, 0.4) is 0 Å². The van der Waals surface area contributed by atoms with Gasteiger partial charge in [-0.25, -0.2) is 0 Å². The summed E-state index contributed by atoms with van der Waals surface area (Å²) >= 11 is 0. The zero-order chi connectivity index (χ0) is 19.4. The SMILES string of the molecule is Cc1ccc(CN2CC(C(=O)NCC3(C(=O)O)CCCCC3)CC2=O)cc1. The number of carboxylic acid groups (broad SMARTS) is 1. The number of carboxylic acids is 1. The molecule has 0 spiro atoms. The van der Waals surface area contributed by atoms with Crippen molar-refractivity contribution in [3.8, 4) is 0 Å². The van der Waals surface area contributed by atoms with Gasteiger partial charge in [-0.1, -0.05) is 49.1 Å². The highest BCUT2D eigenvalue weighted by Gasteiger charge is 2.41. The van der Waals surface area contributed by atoms with Crippen molar-refractivity contribution in [1.29, 1.82) is 0 Å². The summed E-state index contributed by atoms with van der Waals surface area (Å²) in [5.74, 6) is -1.47. The van der Waals surface area contributed by atoms with Crippen LogP contribution in [0.1, 0.15) is 49.7 Å². The van der Waals surface area contributed by atoms with Crippen molar-refractivity contribution in [3.05, 3.63) is 35.4 Å². The van der Waals surface area contributed by atoms with Gasteiger partial charge in [0.05, 0.1) is 11.3 Å². The van der Waals surface area contributed by atoms with Crippen LogP contribution in [-0.4, -0.2) is 40.9 Å². The Bertz CT molecular complexity index is 707. The first-order valence-corrected chi connectivity index (χ1v) is 9.74. The van der Waals surface area contributed by atoms with Crippen molar-refractivity contribution in [1.82, 2.24) is 10.2 Å². The Labute approximate surface area is 159 Å². The Kier molecular flexibility index (Phi) is 5.82. The number of nitrogens with zero attached hydrogens (tertiary/aromatic N) is 1. The molecule has 1 saturated heterocycles. The van der Waals surface area contributed by atoms with E-state index in [1.807, 2.05) is 31.2 Å². The van der Waals surface area contributed by atoms with E-state index in [4.69, 9.17) is 0 Å². The van der Waals surface area contributed by atoms with Crippen LogP contribution in [0.4, 0.5) is 0 Å². The second-order valence-electron chi connectivity index (χ2n) is 8.02. The van der Waals surface area contributed by atoms with Crippen LogP contribution in [0.25, 0.3) is 0 Å². The zero-order valence-electron chi connectivity index (χ0n) is 15.9. The zero-order valence-corrected chi connectivity index (χ0v) is 15.9. The average molecular weight is 372 g/mol. The fraction of sp³-hybridized carbons (Fsp3) is 0.571. The minimum atomic E-state index is -0.849. The largest absolute Gasteiger partial charge is 0.481 e. The first kappa shape index (κ1) is 19.4. The van der Waals surface area contributed by atoms with Crippen molar-refractivity contribution in [2.75, 3.05) is 13.1 Å². The maximum atomic E-state index is 12.6. The Morgan fingerprint density at radius 2 is 1.85 bits per heavy atom. The monoisotopic (exact) mass is 372 g/mol. The molecule has 146 valence electrons. The molecular weight excluding hydrogens is 344 g/mol. The lowest BCUT2D eigenvalue weighted by atomic mass is 9.74. The molecule has 2 amide bonds. The first-order valence-electron chi connectivity index (χ1n) is 9.74. The number of aliphatic carboxylic acids is 1. The first-order chi connectivity index (χ1) is 12.9. The van der Waals surface area contributed by atoms with E-state index < -0.39 is 17.3 Å². The molecule has 1 aliphatic heterocycles. The van der Waals surface area contributed by atoms with Crippen LogP contribution in [-0.2, 0) is 20.9 Å². The Hall–Kier alpha value is -2.37. The number of benzene rings is 1. The molecule has 6 nitrogen and oxygen atoms in total. The van der Waals surface area contributed by atoms with Crippen molar-refractivity contribution in [2.24, 2.45) is 11.3 Å². The normalized spacial score (nSPS) is 21.9. The van der Waals surface area contributed by atoms with E-state index in [-0.39, 0.29) is 24.8 Å². The molecular formula is C21H28N2O4. The third kappa shape index (κ3) is 4.49. The van der Waals surface area contributed by atoms with Gasteiger partial charge in [0.15, 0.2) is 0 Å². The topological polar surface area (TPSA) is 86.7 Å². The number of aryl methyl sites for hydroxylation is 1. The number of carbonyl (C=O) groups excluding carboxylic acids is 2. The van der Waals surface area contributed by atoms with Gasteiger partial charge in [-0.05, 0) is 25.3 Å². The van der Waals surface area contributed by atoms with Crippen LogP contribution >= 0.6 is 0 Å². The van der Waals surface area contributed by atoms with Crippen molar-refractivity contribution >= 4 is 17.8 Å². The summed E-state index contributed by atoms with van der Waals surface area (Å²) < 4.78 is 0. The lowest BCUT2D eigenvalue weighted by Gasteiger charge is -2.33. The van der Waals surface area contributed by atoms with Gasteiger partial charge >= 0.3 is 5.97 Å². The van der Waals surface area contributed by atoms with Crippen LogP contribution in [0, 0.1) is 18.3 Å². The smallest absolute Gasteiger partial charge is 0.311 e. The van der Waals surface area contributed by atoms with Crippen LogP contribution in [0.15, 0.2) is 24.3 Å². The summed E-state index contributed by atoms with van der Waals surface area (Å²) in [5.41, 5.74) is 1.36. The Morgan fingerprint density at radius 3 is 2.48 bits per heavy atom. The van der Waals surface area contributed by atoms with Gasteiger partial charge in [-0.3, -0.25) is 14.4 Å². The second-order valence-corrected chi connectivity index (χ2v) is 8.02. The molecule has 1 aliphatic carbocycles. The molecule has 1 unspecified atom stereocenters. The molecule has 1 saturated carbocycles. The van der Waals surface area contributed by atoms with Crippen molar-refractivity contribution < 1.29 is 19.5 Å². The quantitative estimate of drug-likeness (QED) is 0.803. The number of nitrogens with one attached hydrogen (secondary N) is 1. The molecule has 27 heavy (non-hydrogen) atoms. The van der Waals surface area contributed by atoms with Gasteiger partial charge in [0, 0.05) is 26.1 Å². The number of carbonyl (C=O) groups is 3. The molecule has 1 atom stereocenters. The molecule has 3 rings (SSSR count). The molecule has 1 aromatic rings. The van der Waals surface area contributed by atoms with E-state index in [0.29, 0.717) is 25.9 Å². The molecule has 2 fully saturated rings. The minimum Gasteiger partial charge on any atom is -0.481 e. The number of hydrogen-bond donors (Lipinski definition) is 2. The molecule has 0 bridgehead atoms. The van der Waals surface area contributed by atoms with Gasteiger partial charge in [0.1, 0.15) is 0 Å². The molecule has 2 N–H and O–H groups in total. The molecule has 1 aromatic carbocycles. The van der Waals surface area contributed by atoms with E-state index in [9.17, 15) is 19.5 Å². The lowest BCUT2D eigenvalue weighted by Crippen LogP contribution is -2.46. The molecule has 6 heteroatoms. The fourth-order valence-corrected chi connectivity index (χ4v) is 4.11. The van der Waals surface area contributed by atoms with E-state index in [2.05, 4.69) is 5.32 Å². The van der Waals surface area contributed by atoms with Gasteiger partial charge in [0.2, 0.25) is 11.8 Å². The Morgan fingerprint density at radius 1 is 1.19 bits per heavy atom. The molecule has 0 radical (unpaired) electrons. The van der Waals surface area contributed by atoms with E-state index in [1.165, 1.54) is 5.56 Å². The highest BCUT2D eigenvalue weighted by molar-refractivity contribution is 5.89. The second kappa shape index (κ2) is 8.11. The summed E-state index contributed by atoms with van der Waals surface area (Å²) in [6, 6.07) is 8.01. The summed E-state index contributed by atoms with van der Waals surface area (Å²) in [6.45, 7) is 3.06. The third-order valence-corrected chi connectivity index (χ3v) is 5.94. The molecule has 1 heterocycles. The predicted molar refractivity (Wildman–Crippen MR) is 101 cm³/mol. The summed E-state index contributed by atoms with van der Waals surface area (Å²) in [6.07, 6.45) is 4.21. The summed E-state index contributed by atoms with van der Waals surface area (Å²) in [7, 11) is 0. The Balaban J connectivity index is 1.55. The lowest BCUT2D eigenvalue weighted by molar-refractivity contribution is -0.151. The van der Waals surface area contributed by atoms with Gasteiger partial charge < -0.3 is 15.3 Å². The summed E-state index contributed by atoms with van der Waals surface area (Å²) in [5, 5.41) is 12.5. The highest BCUT2D eigenvalue weighted by atomic mass is 16.4. The van der Waals surface area contributed by atoms with Gasteiger partial charge in [0.25, 0.3) is 0 Å². The van der Waals surface area contributed by atoms with Crippen LogP contribution < -0.4 is 5.32 Å². The number of amides is 2. The maximum absolute atomic E-state index is 12.6. The van der Waals surface area contributed by atoms with E-state index in [0.717, 1.165) is 24.8 Å². The summed E-state index contributed by atoms with van der Waals surface area (Å²) in [4.78, 5) is 38.3. The van der Waals surface area contributed by atoms with Crippen LogP contribution in [0.5, 0.6) is 0 Å². The standard InChI is InChI=1S/C21H28N2O4/c1-15-5-7-16(8-6-15)12-23-13-17(11-18(23)24)19(25)22-14-21(20(26)27)9-3-2-4-10-21/h5-8,17H,2-4,9-14H2,1H3,(H,22,25)(H,26,27). The average Bonchev–Trinajstić information content (AvgIpc) is 3.03. The van der Waals surface area contributed by atoms with Crippen molar-refractivity contribution in [3.63, 3.8) is 0 Å². The highest BCUT2D eigenvalue weighted by Crippen LogP contribution is 2.36. The molecule has 2 aliphatic rings. The van der Waals surface area contributed by atoms with E-state index >= 15 is 0 Å². The van der Waals surface area contributed by atoms with Crippen molar-refractivity contribution in [2.45, 2.75) is 52.0 Å². The van der Waals surface area contributed by atoms with Gasteiger partial charge in [-0.2, -0.15) is 0 Å². The number of hydrogen-bond acceptors (Lipinski definition) is 3. The van der Waals surface area contributed by atoms with E-state index in [1.54, 1.807) is 4.90 Å². The fourth-order valence-electron chi connectivity index (χ4n) is 4.11. The maximum Gasteiger partial charge on any atom is 0.311 e. The van der Waals surface area contributed by atoms with Crippen LogP contribution in [0.2, 0.25) is 0 Å². The number of likely N-dealkylation sites (tertiary alicyclic amines) is 1. The number of rotatable bonds is 6. The predicted octanol–water partition coefficient (Wildman–Crippen LogP) is 2.49. The third-order valence-electron chi connectivity index (χ3n) is 5.94. The molecule has 0 aromatic heterocycles. The van der Waals surface area contributed by atoms with Gasteiger partial charge in [-0.15, -0.1) is 0 Å². The minimum absolute atomic E-state index is 0.0265.